The molecule has 0 aliphatic rings. The van der Waals surface area contributed by atoms with Gasteiger partial charge in [-0.05, 0) is 19.1 Å². The van der Waals surface area contributed by atoms with Crippen molar-refractivity contribution < 1.29 is 8.78 Å². The molecule has 2 aromatic carbocycles. The molecule has 0 unspecified atom stereocenters. The van der Waals surface area contributed by atoms with Gasteiger partial charge >= 0.3 is 0 Å². The van der Waals surface area contributed by atoms with Gasteiger partial charge in [-0.2, -0.15) is 0 Å². The van der Waals surface area contributed by atoms with Crippen LogP contribution in [0.3, 0.4) is 0 Å². The Bertz CT molecular complexity index is 805. The average Bonchev–Trinajstić information content (AvgIpc) is 2.48. The van der Waals surface area contributed by atoms with E-state index in [0.717, 1.165) is 22.0 Å². The van der Waals surface area contributed by atoms with Crippen molar-refractivity contribution in [2.24, 2.45) is 0 Å². The van der Waals surface area contributed by atoms with Crippen molar-refractivity contribution in [1.29, 1.82) is 0 Å². The molecule has 0 aliphatic heterocycles. The summed E-state index contributed by atoms with van der Waals surface area (Å²) in [4.78, 5) is 8.77. The van der Waals surface area contributed by atoms with Crippen LogP contribution in [0, 0.1) is 18.6 Å². The molecule has 0 saturated carbocycles. The average molecular weight is 302 g/mol. The Kier molecular flexibility index (Phi) is 3.84. The van der Waals surface area contributed by atoms with Gasteiger partial charge in [0.2, 0.25) is 0 Å². The van der Waals surface area contributed by atoms with Crippen LogP contribution in [-0.2, 0) is 5.75 Å². The van der Waals surface area contributed by atoms with Crippen molar-refractivity contribution in [1.82, 2.24) is 9.97 Å². The van der Waals surface area contributed by atoms with Crippen LogP contribution < -0.4 is 0 Å². The van der Waals surface area contributed by atoms with E-state index >= 15 is 0 Å². The zero-order chi connectivity index (χ0) is 14.8. The molecule has 0 radical (unpaired) electrons. The van der Waals surface area contributed by atoms with E-state index in [9.17, 15) is 8.78 Å². The van der Waals surface area contributed by atoms with Gasteiger partial charge < -0.3 is 0 Å². The second-order valence-corrected chi connectivity index (χ2v) is 5.56. The number of para-hydroxylation sites is 1. The maximum absolute atomic E-state index is 13.7. The lowest BCUT2D eigenvalue weighted by Gasteiger charge is -2.07. The standard InChI is InChI=1S/C16H12F2N2S/c1-10-19-14-8-3-2-6-12(14)16(20-10)21-9-11-5-4-7-13(17)15(11)18/h2-8H,9H2,1H3. The van der Waals surface area contributed by atoms with Gasteiger partial charge in [-0.1, -0.05) is 30.3 Å². The van der Waals surface area contributed by atoms with Gasteiger partial charge in [-0.25, -0.2) is 18.7 Å². The quantitative estimate of drug-likeness (QED) is 0.526. The molecule has 3 aromatic rings. The van der Waals surface area contributed by atoms with E-state index < -0.39 is 11.6 Å². The number of aromatic nitrogens is 2. The minimum atomic E-state index is -0.822. The Morgan fingerprint density at radius 2 is 1.81 bits per heavy atom. The highest BCUT2D eigenvalue weighted by Crippen LogP contribution is 2.29. The lowest BCUT2D eigenvalue weighted by Crippen LogP contribution is -1.95. The number of rotatable bonds is 3. The van der Waals surface area contributed by atoms with Gasteiger partial charge in [-0.15, -0.1) is 11.8 Å². The van der Waals surface area contributed by atoms with Crippen molar-refractivity contribution in [2.75, 3.05) is 0 Å². The molecule has 3 rings (SSSR count). The number of hydrogen-bond donors (Lipinski definition) is 0. The highest BCUT2D eigenvalue weighted by Gasteiger charge is 2.10. The van der Waals surface area contributed by atoms with Crippen LogP contribution in [0.25, 0.3) is 10.9 Å². The summed E-state index contributed by atoms with van der Waals surface area (Å²) in [5.41, 5.74) is 1.19. The zero-order valence-electron chi connectivity index (χ0n) is 11.3. The maximum Gasteiger partial charge on any atom is 0.162 e. The van der Waals surface area contributed by atoms with Crippen molar-refractivity contribution >= 4 is 22.7 Å². The van der Waals surface area contributed by atoms with Gasteiger partial charge in [-0.3, -0.25) is 0 Å². The largest absolute Gasteiger partial charge is 0.233 e. The molecule has 1 heterocycles. The number of nitrogens with zero attached hydrogens (tertiary/aromatic N) is 2. The van der Waals surface area contributed by atoms with Crippen LogP contribution in [0.5, 0.6) is 0 Å². The predicted octanol–water partition coefficient (Wildman–Crippen LogP) is 4.51. The van der Waals surface area contributed by atoms with Crippen LogP contribution >= 0.6 is 11.8 Å². The second-order valence-electron chi connectivity index (χ2n) is 4.59. The molecule has 0 bridgehead atoms. The van der Waals surface area contributed by atoms with E-state index in [-0.39, 0.29) is 0 Å². The number of thioether (sulfide) groups is 1. The fourth-order valence-electron chi connectivity index (χ4n) is 2.07. The normalized spacial score (nSPS) is 11.0. The van der Waals surface area contributed by atoms with Gasteiger partial charge in [0.1, 0.15) is 10.9 Å². The van der Waals surface area contributed by atoms with Crippen LogP contribution in [0.1, 0.15) is 11.4 Å². The number of fused-ring (bicyclic) bond motifs is 1. The van der Waals surface area contributed by atoms with Gasteiger partial charge in [0.05, 0.1) is 5.52 Å². The third kappa shape index (κ3) is 2.88. The van der Waals surface area contributed by atoms with Crippen molar-refractivity contribution in [3.8, 4) is 0 Å². The third-order valence-corrected chi connectivity index (χ3v) is 4.12. The summed E-state index contributed by atoms with van der Waals surface area (Å²) in [6.45, 7) is 1.82. The summed E-state index contributed by atoms with van der Waals surface area (Å²) in [5, 5.41) is 1.70. The summed E-state index contributed by atoms with van der Waals surface area (Å²) in [7, 11) is 0. The molecule has 0 aliphatic carbocycles. The first kappa shape index (κ1) is 13.9. The number of hydrogen-bond acceptors (Lipinski definition) is 3. The Balaban J connectivity index is 1.93. The fraction of sp³-hybridized carbons (Fsp3) is 0.125. The van der Waals surface area contributed by atoms with Crippen LogP contribution in [0.4, 0.5) is 8.78 Å². The Labute approximate surface area is 125 Å². The lowest BCUT2D eigenvalue weighted by atomic mass is 10.2. The summed E-state index contributed by atoms with van der Waals surface area (Å²) in [6.07, 6.45) is 0. The van der Waals surface area contributed by atoms with E-state index in [1.54, 1.807) is 6.07 Å². The van der Waals surface area contributed by atoms with E-state index in [2.05, 4.69) is 9.97 Å². The summed E-state index contributed by atoms with van der Waals surface area (Å²) >= 11 is 1.38. The smallest absolute Gasteiger partial charge is 0.162 e. The number of aryl methyl sites for hydroxylation is 1. The molecule has 21 heavy (non-hydrogen) atoms. The maximum atomic E-state index is 13.7. The van der Waals surface area contributed by atoms with Crippen LogP contribution in [0.15, 0.2) is 47.5 Å². The molecule has 0 amide bonds. The van der Waals surface area contributed by atoms with Gasteiger partial charge in [0, 0.05) is 16.7 Å². The van der Waals surface area contributed by atoms with Crippen LogP contribution in [0.2, 0.25) is 0 Å². The predicted molar refractivity (Wildman–Crippen MR) is 80.2 cm³/mol. The molecule has 0 N–H and O–H groups in total. The first-order valence-electron chi connectivity index (χ1n) is 6.44. The number of benzene rings is 2. The second kappa shape index (κ2) is 5.77. The molecular formula is C16H12F2N2S. The van der Waals surface area contributed by atoms with E-state index in [0.29, 0.717) is 17.1 Å². The molecule has 5 heteroatoms. The highest BCUT2D eigenvalue weighted by molar-refractivity contribution is 7.98. The molecule has 0 atom stereocenters. The fourth-order valence-corrected chi connectivity index (χ4v) is 3.11. The Hall–Kier alpha value is -2.01. The lowest BCUT2D eigenvalue weighted by molar-refractivity contribution is 0.502. The zero-order valence-corrected chi connectivity index (χ0v) is 12.1. The summed E-state index contributed by atoms with van der Waals surface area (Å²) in [5.74, 6) is -0.628. The molecule has 0 saturated heterocycles. The highest BCUT2D eigenvalue weighted by atomic mass is 32.2. The topological polar surface area (TPSA) is 25.8 Å². The van der Waals surface area contributed by atoms with E-state index in [1.807, 2.05) is 31.2 Å². The minimum absolute atomic E-state index is 0.323. The SMILES string of the molecule is Cc1nc(SCc2cccc(F)c2F)c2ccccc2n1. The molecule has 2 nitrogen and oxygen atoms in total. The van der Waals surface area contributed by atoms with E-state index in [1.165, 1.54) is 17.8 Å². The van der Waals surface area contributed by atoms with E-state index in [4.69, 9.17) is 0 Å². The Morgan fingerprint density at radius 1 is 1.00 bits per heavy atom. The monoisotopic (exact) mass is 302 g/mol. The van der Waals surface area contributed by atoms with Crippen molar-refractivity contribution in [2.45, 2.75) is 17.7 Å². The molecule has 1 aromatic heterocycles. The third-order valence-electron chi connectivity index (χ3n) is 3.08. The minimum Gasteiger partial charge on any atom is -0.233 e. The first-order chi connectivity index (χ1) is 10.1. The summed E-state index contributed by atoms with van der Waals surface area (Å²) in [6, 6.07) is 11.9. The van der Waals surface area contributed by atoms with Gasteiger partial charge in [0.25, 0.3) is 0 Å². The van der Waals surface area contributed by atoms with Crippen LogP contribution in [-0.4, -0.2) is 9.97 Å². The molecule has 0 fully saturated rings. The van der Waals surface area contributed by atoms with Crippen molar-refractivity contribution in [3.63, 3.8) is 0 Å². The molecule has 106 valence electrons. The first-order valence-corrected chi connectivity index (χ1v) is 7.43. The molecular weight excluding hydrogens is 290 g/mol. The Morgan fingerprint density at radius 3 is 2.67 bits per heavy atom. The number of halogens is 2. The van der Waals surface area contributed by atoms with Crippen molar-refractivity contribution in [3.05, 3.63) is 65.5 Å². The van der Waals surface area contributed by atoms with Gasteiger partial charge in [0.15, 0.2) is 11.6 Å². The summed E-state index contributed by atoms with van der Waals surface area (Å²) < 4.78 is 26.9. The molecule has 0 spiro atoms.